The minimum atomic E-state index is -2.90. The number of carbonyl (C=O) groups excluding carboxylic acids is 1. The average Bonchev–Trinajstić information content (AvgIpc) is 3.32. The highest BCUT2D eigenvalue weighted by atomic mass is 28.4. The van der Waals surface area contributed by atoms with Crippen LogP contribution < -0.4 is 10.4 Å². The standard InChI is InChI=1S/C37H47FO6Si/c1-26(27(2)44-45(36(3,4)5,29-19-13-9-14-20-29)30-21-15-10-16-22-30)25-31(38)33(41-35(40)28-17-11-8-12-18-28)34-32(23-24-39)42-37(6,7)43-34/h8-22,25-27,32-34,39H,23-24H2,1-7H3/b31-25+/t26-,27+,32+,33?,34+/m1/s1. The molecule has 3 aromatic carbocycles. The Morgan fingerprint density at radius 3 is 1.93 bits per heavy atom. The van der Waals surface area contributed by atoms with Gasteiger partial charge in [-0.05, 0) is 60.8 Å². The molecule has 0 saturated carbocycles. The van der Waals surface area contributed by atoms with Gasteiger partial charge in [0.15, 0.2) is 11.9 Å². The Bertz CT molecular complexity index is 1370. The molecule has 0 spiro atoms. The van der Waals surface area contributed by atoms with E-state index in [4.69, 9.17) is 18.6 Å². The number of ether oxygens (including phenoxy) is 3. The predicted molar refractivity (Wildman–Crippen MR) is 178 cm³/mol. The number of rotatable bonds is 12. The largest absolute Gasteiger partial charge is 0.449 e. The lowest BCUT2D eigenvalue weighted by molar-refractivity contribution is -0.155. The Hall–Kier alpha value is -3.14. The molecule has 1 fully saturated rings. The number of benzene rings is 3. The molecule has 3 aromatic rings. The van der Waals surface area contributed by atoms with Gasteiger partial charge in [-0.2, -0.15) is 0 Å². The third kappa shape index (κ3) is 7.99. The Balaban J connectivity index is 1.70. The van der Waals surface area contributed by atoms with Gasteiger partial charge in [0.2, 0.25) is 0 Å². The van der Waals surface area contributed by atoms with E-state index in [1.54, 1.807) is 44.2 Å². The molecule has 242 valence electrons. The number of hydrogen-bond acceptors (Lipinski definition) is 6. The Kier molecular flexibility index (Phi) is 11.2. The second-order valence-corrected chi connectivity index (χ2v) is 17.5. The highest BCUT2D eigenvalue weighted by Gasteiger charge is 2.52. The predicted octanol–water partition coefficient (Wildman–Crippen LogP) is 6.57. The summed E-state index contributed by atoms with van der Waals surface area (Å²) in [6.45, 7) is 13.7. The molecule has 1 saturated heterocycles. The van der Waals surface area contributed by atoms with Crippen molar-refractivity contribution in [1.82, 2.24) is 0 Å². The molecule has 0 amide bonds. The lowest BCUT2D eigenvalue weighted by atomic mass is 10.00. The van der Waals surface area contributed by atoms with E-state index in [9.17, 15) is 9.90 Å². The first-order valence-corrected chi connectivity index (χ1v) is 17.6. The van der Waals surface area contributed by atoms with E-state index >= 15 is 4.39 Å². The fourth-order valence-electron chi connectivity index (χ4n) is 6.07. The van der Waals surface area contributed by atoms with Crippen LogP contribution in [-0.4, -0.2) is 56.2 Å². The zero-order valence-corrected chi connectivity index (χ0v) is 28.4. The highest BCUT2D eigenvalue weighted by Crippen LogP contribution is 2.39. The van der Waals surface area contributed by atoms with Crippen molar-refractivity contribution >= 4 is 24.7 Å². The molecule has 1 unspecified atom stereocenters. The van der Waals surface area contributed by atoms with Crippen molar-refractivity contribution in [3.8, 4) is 0 Å². The van der Waals surface area contributed by atoms with E-state index in [0.29, 0.717) is 5.56 Å². The molecule has 0 radical (unpaired) electrons. The molecule has 0 aliphatic carbocycles. The van der Waals surface area contributed by atoms with Crippen LogP contribution in [0.4, 0.5) is 4.39 Å². The molecule has 8 heteroatoms. The van der Waals surface area contributed by atoms with Gasteiger partial charge in [-0.15, -0.1) is 0 Å². The maximum Gasteiger partial charge on any atom is 0.338 e. The Labute approximate surface area is 268 Å². The first-order chi connectivity index (χ1) is 21.3. The van der Waals surface area contributed by atoms with E-state index in [2.05, 4.69) is 45.0 Å². The number of esters is 1. The van der Waals surface area contributed by atoms with Gasteiger partial charge < -0.3 is 23.7 Å². The van der Waals surface area contributed by atoms with Crippen molar-refractivity contribution in [2.45, 2.75) is 90.1 Å². The summed E-state index contributed by atoms with van der Waals surface area (Å²) in [6, 6.07) is 29.1. The molecular weight excluding hydrogens is 587 g/mol. The fraction of sp³-hybridized carbons (Fsp3) is 0.432. The van der Waals surface area contributed by atoms with E-state index < -0.39 is 56.2 Å². The number of aliphatic hydroxyl groups is 1. The van der Waals surface area contributed by atoms with Gasteiger partial charge in [0, 0.05) is 18.6 Å². The summed E-state index contributed by atoms with van der Waals surface area (Å²) >= 11 is 0. The van der Waals surface area contributed by atoms with Crippen molar-refractivity contribution in [3.05, 3.63) is 108 Å². The minimum Gasteiger partial charge on any atom is -0.449 e. The van der Waals surface area contributed by atoms with E-state index in [1.165, 1.54) is 6.08 Å². The maximum absolute atomic E-state index is 16.5. The monoisotopic (exact) mass is 634 g/mol. The Morgan fingerprint density at radius 1 is 0.933 bits per heavy atom. The first kappa shape index (κ1) is 34.7. The topological polar surface area (TPSA) is 74.2 Å². The summed E-state index contributed by atoms with van der Waals surface area (Å²) < 4.78 is 41.7. The number of halogens is 1. The van der Waals surface area contributed by atoms with Gasteiger partial charge >= 0.3 is 5.97 Å². The maximum atomic E-state index is 16.5. The summed E-state index contributed by atoms with van der Waals surface area (Å²) in [7, 11) is -2.90. The zero-order valence-electron chi connectivity index (χ0n) is 27.4. The van der Waals surface area contributed by atoms with Crippen molar-refractivity contribution in [2.24, 2.45) is 5.92 Å². The molecule has 1 heterocycles. The van der Waals surface area contributed by atoms with Gasteiger partial charge in [0.25, 0.3) is 8.32 Å². The zero-order chi connectivity index (χ0) is 32.8. The number of carbonyl (C=O) groups is 1. The van der Waals surface area contributed by atoms with Crippen LogP contribution in [0.3, 0.4) is 0 Å². The van der Waals surface area contributed by atoms with Crippen LogP contribution >= 0.6 is 0 Å². The number of aliphatic hydroxyl groups excluding tert-OH is 1. The third-order valence-corrected chi connectivity index (χ3v) is 13.5. The summed E-state index contributed by atoms with van der Waals surface area (Å²) in [4.78, 5) is 13.2. The number of hydrogen-bond donors (Lipinski definition) is 1. The van der Waals surface area contributed by atoms with Crippen molar-refractivity contribution < 1.29 is 32.9 Å². The SMILES string of the molecule is C[C@H](/C=C(/F)C(OC(=O)c1ccccc1)[C@H]1OC(C)(C)O[C@H]1CCO)[C@H](C)O[Si](c1ccccc1)(c1ccccc1)C(C)(C)C. The van der Waals surface area contributed by atoms with Gasteiger partial charge in [0.1, 0.15) is 11.9 Å². The van der Waals surface area contributed by atoms with E-state index in [0.717, 1.165) is 10.4 Å². The van der Waals surface area contributed by atoms with E-state index in [1.807, 2.05) is 50.2 Å². The molecule has 1 N–H and O–H groups in total. The van der Waals surface area contributed by atoms with Crippen molar-refractivity contribution in [2.75, 3.05) is 6.61 Å². The van der Waals surface area contributed by atoms with Crippen LogP contribution in [0.15, 0.2) is 103 Å². The third-order valence-electron chi connectivity index (χ3n) is 8.39. The molecule has 0 aromatic heterocycles. The molecule has 1 aliphatic rings. The molecular formula is C37H47FO6Si. The summed E-state index contributed by atoms with van der Waals surface area (Å²) in [5.74, 6) is -2.78. The lowest BCUT2D eigenvalue weighted by Crippen LogP contribution is -2.67. The summed E-state index contributed by atoms with van der Waals surface area (Å²) in [5, 5.41) is 11.7. The molecule has 0 bridgehead atoms. The Morgan fingerprint density at radius 2 is 1.44 bits per heavy atom. The van der Waals surface area contributed by atoms with E-state index in [-0.39, 0.29) is 18.1 Å². The quantitative estimate of drug-likeness (QED) is 0.180. The van der Waals surface area contributed by atoms with Gasteiger partial charge in [0.05, 0.1) is 11.7 Å². The molecule has 4 rings (SSSR count). The summed E-state index contributed by atoms with van der Waals surface area (Å²) in [6.07, 6.45) is -1.77. The van der Waals surface area contributed by atoms with Gasteiger partial charge in [-0.1, -0.05) is 107 Å². The molecule has 45 heavy (non-hydrogen) atoms. The van der Waals surface area contributed by atoms with Gasteiger partial charge in [-0.3, -0.25) is 0 Å². The second kappa shape index (κ2) is 14.5. The van der Waals surface area contributed by atoms with Crippen LogP contribution in [-0.2, 0) is 18.6 Å². The smallest absolute Gasteiger partial charge is 0.338 e. The molecule has 5 atom stereocenters. The van der Waals surface area contributed by atoms with Crippen LogP contribution in [0.2, 0.25) is 5.04 Å². The normalized spacial score (nSPS) is 20.8. The van der Waals surface area contributed by atoms with Crippen molar-refractivity contribution in [1.29, 1.82) is 0 Å². The van der Waals surface area contributed by atoms with Crippen molar-refractivity contribution in [3.63, 3.8) is 0 Å². The van der Waals surface area contributed by atoms with Crippen LogP contribution in [0.25, 0.3) is 0 Å². The first-order valence-electron chi connectivity index (χ1n) is 15.7. The van der Waals surface area contributed by atoms with Crippen LogP contribution in [0.5, 0.6) is 0 Å². The van der Waals surface area contributed by atoms with Crippen LogP contribution in [0, 0.1) is 5.92 Å². The fourth-order valence-corrected chi connectivity index (χ4v) is 10.9. The second-order valence-electron chi connectivity index (χ2n) is 13.2. The summed E-state index contributed by atoms with van der Waals surface area (Å²) in [5.41, 5.74) is 0.295. The van der Waals surface area contributed by atoms with Gasteiger partial charge in [-0.25, -0.2) is 9.18 Å². The lowest BCUT2D eigenvalue weighted by Gasteiger charge is -2.45. The molecule has 1 aliphatic heterocycles. The van der Waals surface area contributed by atoms with Crippen LogP contribution in [0.1, 0.15) is 65.2 Å². The average molecular weight is 635 g/mol. The highest BCUT2D eigenvalue weighted by molar-refractivity contribution is 6.99. The minimum absolute atomic E-state index is 0.189. The molecule has 6 nitrogen and oxygen atoms in total.